The van der Waals surface area contributed by atoms with Crippen LogP contribution in [0.15, 0.2) is 29.2 Å². The van der Waals surface area contributed by atoms with Crippen LogP contribution in [0.3, 0.4) is 0 Å². The zero-order valence-corrected chi connectivity index (χ0v) is 13.9. The summed E-state index contributed by atoms with van der Waals surface area (Å²) in [5.41, 5.74) is 1.19. The first kappa shape index (κ1) is 16.5. The van der Waals surface area contributed by atoms with E-state index < -0.39 is 10.0 Å². The van der Waals surface area contributed by atoms with E-state index in [4.69, 9.17) is 0 Å². The van der Waals surface area contributed by atoms with Gasteiger partial charge < -0.3 is 5.32 Å². The van der Waals surface area contributed by atoms with Crippen LogP contribution in [0.5, 0.6) is 0 Å². The van der Waals surface area contributed by atoms with Gasteiger partial charge in [0.15, 0.2) is 0 Å². The molecule has 1 aliphatic carbocycles. The van der Waals surface area contributed by atoms with E-state index in [1.807, 2.05) is 12.1 Å². The van der Waals surface area contributed by atoms with Gasteiger partial charge in [0.1, 0.15) is 0 Å². The van der Waals surface area contributed by atoms with Crippen LogP contribution >= 0.6 is 0 Å². The number of hydrogen-bond donors (Lipinski definition) is 2. The van der Waals surface area contributed by atoms with Crippen LogP contribution < -0.4 is 10.0 Å². The number of sulfonamides is 1. The van der Waals surface area contributed by atoms with Crippen molar-refractivity contribution in [1.29, 1.82) is 0 Å². The first-order valence-corrected chi connectivity index (χ1v) is 9.32. The van der Waals surface area contributed by atoms with E-state index in [0.29, 0.717) is 16.9 Å². The molecule has 0 radical (unpaired) electrons. The average molecular weight is 310 g/mol. The Morgan fingerprint density at radius 1 is 1.19 bits per heavy atom. The Hall–Kier alpha value is -0.910. The van der Waals surface area contributed by atoms with Crippen LogP contribution in [0.2, 0.25) is 0 Å². The molecule has 0 saturated heterocycles. The highest BCUT2D eigenvalue weighted by Crippen LogP contribution is 2.26. The molecule has 1 aliphatic rings. The fourth-order valence-corrected chi connectivity index (χ4v) is 4.03. The predicted octanol–water partition coefficient (Wildman–Crippen LogP) is 2.62. The van der Waals surface area contributed by atoms with Crippen LogP contribution in [0.25, 0.3) is 0 Å². The van der Waals surface area contributed by atoms with Gasteiger partial charge in [-0.05, 0) is 56.3 Å². The molecule has 0 spiro atoms. The molecule has 1 fully saturated rings. The number of rotatable bonds is 8. The van der Waals surface area contributed by atoms with Crippen LogP contribution in [0.1, 0.15) is 51.5 Å². The summed E-state index contributed by atoms with van der Waals surface area (Å²) in [6.45, 7) is 7.38. The fraction of sp³-hybridized carbons (Fsp3) is 0.625. The first-order valence-electron chi connectivity index (χ1n) is 7.83. The molecule has 2 N–H and O–H groups in total. The molecule has 4 nitrogen and oxygen atoms in total. The largest absolute Gasteiger partial charge is 0.314 e. The minimum Gasteiger partial charge on any atom is -0.314 e. The molecule has 1 saturated carbocycles. The van der Waals surface area contributed by atoms with E-state index in [1.54, 1.807) is 12.1 Å². The van der Waals surface area contributed by atoms with Gasteiger partial charge in [-0.25, -0.2) is 13.1 Å². The highest BCUT2D eigenvalue weighted by atomic mass is 32.2. The normalized spacial score (nSPS) is 18.4. The van der Waals surface area contributed by atoms with E-state index in [2.05, 4.69) is 30.8 Å². The number of likely N-dealkylation sites (N-methyl/N-ethyl adjacent to an activating group) is 1. The Bertz CT molecular complexity index is 550. The summed E-state index contributed by atoms with van der Waals surface area (Å²) in [5, 5.41) is 3.44. The third-order valence-corrected chi connectivity index (χ3v) is 5.62. The summed E-state index contributed by atoms with van der Waals surface area (Å²) in [6, 6.07) is 7.87. The predicted molar refractivity (Wildman–Crippen MR) is 86.0 cm³/mol. The molecule has 2 unspecified atom stereocenters. The molecule has 118 valence electrons. The maximum Gasteiger partial charge on any atom is 0.240 e. The van der Waals surface area contributed by atoms with E-state index in [1.165, 1.54) is 5.56 Å². The van der Waals surface area contributed by atoms with Crippen molar-refractivity contribution in [3.8, 4) is 0 Å². The second kappa shape index (κ2) is 6.90. The third kappa shape index (κ3) is 4.28. The summed E-state index contributed by atoms with van der Waals surface area (Å²) in [5.74, 6) is 0.401. The molecule has 0 bridgehead atoms. The second-order valence-corrected chi connectivity index (χ2v) is 7.54. The summed E-state index contributed by atoms with van der Waals surface area (Å²) < 4.78 is 27.0. The smallest absolute Gasteiger partial charge is 0.240 e. The maximum absolute atomic E-state index is 12.1. The molecule has 0 heterocycles. The standard InChI is InChI=1S/C16H26N2O2S/c1-4-16(12(3)17-5-2)13-6-10-15(11-7-13)21(19,20)18-14-8-9-14/h6-7,10-12,14,16-18H,4-5,8-9H2,1-3H3. The van der Waals surface area contributed by atoms with Crippen LogP contribution in [0.4, 0.5) is 0 Å². The third-order valence-electron chi connectivity index (χ3n) is 4.09. The molecular weight excluding hydrogens is 284 g/mol. The maximum atomic E-state index is 12.1. The summed E-state index contributed by atoms with van der Waals surface area (Å²) in [4.78, 5) is 0.365. The van der Waals surface area contributed by atoms with Crippen molar-refractivity contribution in [2.45, 2.75) is 62.9 Å². The Labute approximate surface area is 128 Å². The summed E-state index contributed by atoms with van der Waals surface area (Å²) in [7, 11) is -3.34. The van der Waals surface area contributed by atoms with Crippen molar-refractivity contribution < 1.29 is 8.42 Å². The first-order chi connectivity index (χ1) is 9.97. The molecular formula is C16H26N2O2S. The van der Waals surface area contributed by atoms with E-state index in [-0.39, 0.29) is 6.04 Å². The van der Waals surface area contributed by atoms with Crippen molar-refractivity contribution >= 4 is 10.0 Å². The van der Waals surface area contributed by atoms with Crippen molar-refractivity contribution in [2.24, 2.45) is 0 Å². The fourth-order valence-electron chi connectivity index (χ4n) is 2.72. The molecule has 1 aromatic rings. The van der Waals surface area contributed by atoms with Crippen molar-refractivity contribution in [2.75, 3.05) is 6.54 Å². The molecule has 0 amide bonds. The molecule has 2 rings (SSSR count). The van der Waals surface area contributed by atoms with Crippen molar-refractivity contribution in [3.05, 3.63) is 29.8 Å². The Kier molecular flexibility index (Phi) is 5.41. The average Bonchev–Trinajstić information content (AvgIpc) is 3.24. The highest BCUT2D eigenvalue weighted by molar-refractivity contribution is 7.89. The van der Waals surface area contributed by atoms with Crippen LogP contribution in [0, 0.1) is 0 Å². The Morgan fingerprint density at radius 2 is 1.81 bits per heavy atom. The van der Waals surface area contributed by atoms with Gasteiger partial charge in [0, 0.05) is 12.1 Å². The van der Waals surface area contributed by atoms with Gasteiger partial charge in [-0.15, -0.1) is 0 Å². The lowest BCUT2D eigenvalue weighted by Crippen LogP contribution is -2.31. The quantitative estimate of drug-likeness (QED) is 0.776. The lowest BCUT2D eigenvalue weighted by atomic mass is 9.90. The van der Waals surface area contributed by atoms with Gasteiger partial charge in [-0.1, -0.05) is 26.0 Å². The summed E-state index contributed by atoms with van der Waals surface area (Å²) in [6.07, 6.45) is 2.94. The molecule has 1 aromatic carbocycles. The highest BCUT2D eigenvalue weighted by Gasteiger charge is 2.28. The topological polar surface area (TPSA) is 58.2 Å². The lowest BCUT2D eigenvalue weighted by Gasteiger charge is -2.24. The van der Waals surface area contributed by atoms with Crippen LogP contribution in [-0.4, -0.2) is 27.0 Å². The molecule has 21 heavy (non-hydrogen) atoms. The lowest BCUT2D eigenvalue weighted by molar-refractivity contribution is 0.460. The van der Waals surface area contributed by atoms with E-state index >= 15 is 0 Å². The van der Waals surface area contributed by atoms with Gasteiger partial charge in [0.25, 0.3) is 0 Å². The zero-order chi connectivity index (χ0) is 15.5. The van der Waals surface area contributed by atoms with Gasteiger partial charge in [0.2, 0.25) is 10.0 Å². The Balaban J connectivity index is 2.13. The van der Waals surface area contributed by atoms with Gasteiger partial charge in [-0.3, -0.25) is 0 Å². The minimum atomic E-state index is -3.34. The van der Waals surface area contributed by atoms with Gasteiger partial charge >= 0.3 is 0 Å². The van der Waals surface area contributed by atoms with Crippen molar-refractivity contribution in [3.63, 3.8) is 0 Å². The monoisotopic (exact) mass is 310 g/mol. The van der Waals surface area contributed by atoms with Gasteiger partial charge in [0.05, 0.1) is 4.90 Å². The SMILES string of the molecule is CCNC(C)C(CC)c1ccc(S(=O)(=O)NC2CC2)cc1. The zero-order valence-electron chi connectivity index (χ0n) is 13.1. The number of nitrogens with one attached hydrogen (secondary N) is 2. The van der Waals surface area contributed by atoms with Crippen molar-refractivity contribution in [1.82, 2.24) is 10.0 Å². The Morgan fingerprint density at radius 3 is 2.29 bits per heavy atom. The molecule has 0 aliphatic heterocycles. The van der Waals surface area contributed by atoms with E-state index in [9.17, 15) is 8.42 Å². The molecule has 5 heteroatoms. The van der Waals surface area contributed by atoms with Crippen LogP contribution in [-0.2, 0) is 10.0 Å². The molecule has 0 aromatic heterocycles. The van der Waals surface area contributed by atoms with Gasteiger partial charge in [-0.2, -0.15) is 0 Å². The van der Waals surface area contributed by atoms with E-state index in [0.717, 1.165) is 25.8 Å². The second-order valence-electron chi connectivity index (χ2n) is 5.83. The molecule has 2 atom stereocenters. The number of benzene rings is 1. The minimum absolute atomic E-state index is 0.145. The number of hydrogen-bond acceptors (Lipinski definition) is 3. The summed E-state index contributed by atoms with van der Waals surface area (Å²) >= 11 is 0.